The van der Waals surface area contributed by atoms with Crippen molar-refractivity contribution in [3.63, 3.8) is 0 Å². The van der Waals surface area contributed by atoms with Crippen LogP contribution in [0.25, 0.3) is 10.9 Å². The summed E-state index contributed by atoms with van der Waals surface area (Å²) in [4.78, 5) is 0. The lowest BCUT2D eigenvalue weighted by atomic mass is 10.1. The summed E-state index contributed by atoms with van der Waals surface area (Å²) in [6.45, 7) is 4.50. The smallest absolute Gasteiger partial charge is 0.110 e. The SMILES string of the molecule is CCCNCc1cccc2c1ccn2CC#N. The van der Waals surface area contributed by atoms with Crippen molar-refractivity contribution in [1.82, 2.24) is 9.88 Å². The highest BCUT2D eigenvalue weighted by Crippen LogP contribution is 2.20. The summed E-state index contributed by atoms with van der Waals surface area (Å²) >= 11 is 0. The van der Waals surface area contributed by atoms with E-state index in [2.05, 4.69) is 42.6 Å². The van der Waals surface area contributed by atoms with Crippen LogP contribution in [0.3, 0.4) is 0 Å². The predicted molar refractivity (Wildman–Crippen MR) is 69.5 cm³/mol. The largest absolute Gasteiger partial charge is 0.334 e. The van der Waals surface area contributed by atoms with Crippen LogP contribution < -0.4 is 5.32 Å². The molecule has 3 heteroatoms. The Kier molecular flexibility index (Phi) is 3.79. The molecular weight excluding hydrogens is 210 g/mol. The van der Waals surface area contributed by atoms with Gasteiger partial charge in [-0.1, -0.05) is 19.1 Å². The van der Waals surface area contributed by atoms with Gasteiger partial charge in [0.25, 0.3) is 0 Å². The number of rotatable bonds is 5. The van der Waals surface area contributed by atoms with Gasteiger partial charge < -0.3 is 9.88 Å². The van der Waals surface area contributed by atoms with E-state index in [1.807, 2.05) is 10.8 Å². The van der Waals surface area contributed by atoms with E-state index in [0.717, 1.165) is 25.0 Å². The van der Waals surface area contributed by atoms with Gasteiger partial charge in [0.05, 0.1) is 6.07 Å². The minimum Gasteiger partial charge on any atom is -0.334 e. The van der Waals surface area contributed by atoms with Crippen molar-refractivity contribution in [2.24, 2.45) is 0 Å². The second-order valence-corrected chi connectivity index (χ2v) is 4.13. The average molecular weight is 227 g/mol. The second-order valence-electron chi connectivity index (χ2n) is 4.13. The Morgan fingerprint density at radius 3 is 3.00 bits per heavy atom. The minimum atomic E-state index is 0.412. The lowest BCUT2D eigenvalue weighted by molar-refractivity contribution is 0.678. The summed E-state index contributed by atoms with van der Waals surface area (Å²) in [7, 11) is 0. The van der Waals surface area contributed by atoms with Crippen molar-refractivity contribution < 1.29 is 0 Å². The number of nitrogens with one attached hydrogen (secondary N) is 1. The molecule has 0 spiro atoms. The molecule has 0 unspecified atom stereocenters. The van der Waals surface area contributed by atoms with Gasteiger partial charge >= 0.3 is 0 Å². The van der Waals surface area contributed by atoms with Gasteiger partial charge in [0.15, 0.2) is 0 Å². The van der Waals surface area contributed by atoms with Crippen LogP contribution in [-0.2, 0) is 13.1 Å². The number of nitrogens with zero attached hydrogens (tertiary/aromatic N) is 2. The first-order valence-electron chi connectivity index (χ1n) is 6.01. The standard InChI is InChI=1S/C14H17N3/c1-2-8-16-11-12-4-3-5-14-13(12)6-9-17(14)10-7-15/h3-6,9,16H,2,8,10-11H2,1H3. The van der Waals surface area contributed by atoms with Crippen molar-refractivity contribution in [2.45, 2.75) is 26.4 Å². The van der Waals surface area contributed by atoms with E-state index in [4.69, 9.17) is 5.26 Å². The van der Waals surface area contributed by atoms with E-state index in [9.17, 15) is 0 Å². The highest BCUT2D eigenvalue weighted by molar-refractivity contribution is 5.83. The third-order valence-corrected chi connectivity index (χ3v) is 2.89. The maximum Gasteiger partial charge on any atom is 0.110 e. The van der Waals surface area contributed by atoms with Crippen molar-refractivity contribution in [2.75, 3.05) is 6.54 Å². The molecule has 0 aliphatic carbocycles. The zero-order chi connectivity index (χ0) is 12.1. The van der Waals surface area contributed by atoms with E-state index in [0.29, 0.717) is 6.54 Å². The molecule has 1 heterocycles. The van der Waals surface area contributed by atoms with Crippen molar-refractivity contribution in [3.05, 3.63) is 36.0 Å². The predicted octanol–water partition coefficient (Wildman–Crippen LogP) is 2.66. The molecule has 2 aromatic rings. The average Bonchev–Trinajstić information content (AvgIpc) is 2.75. The number of fused-ring (bicyclic) bond motifs is 1. The molecule has 0 bridgehead atoms. The summed E-state index contributed by atoms with van der Waals surface area (Å²) in [5, 5.41) is 13.4. The lowest BCUT2D eigenvalue weighted by Gasteiger charge is -2.06. The zero-order valence-corrected chi connectivity index (χ0v) is 10.1. The molecule has 0 aliphatic heterocycles. The van der Waals surface area contributed by atoms with E-state index in [-0.39, 0.29) is 0 Å². The number of hydrogen-bond acceptors (Lipinski definition) is 2. The van der Waals surface area contributed by atoms with E-state index in [1.54, 1.807) is 0 Å². The fourth-order valence-corrected chi connectivity index (χ4v) is 2.06. The maximum atomic E-state index is 8.76. The number of benzene rings is 1. The van der Waals surface area contributed by atoms with Gasteiger partial charge in [-0.15, -0.1) is 0 Å². The van der Waals surface area contributed by atoms with E-state index >= 15 is 0 Å². The third-order valence-electron chi connectivity index (χ3n) is 2.89. The molecule has 0 radical (unpaired) electrons. The Bertz CT molecular complexity index is 534. The molecule has 0 aliphatic rings. The first-order chi connectivity index (χ1) is 8.36. The highest BCUT2D eigenvalue weighted by Gasteiger charge is 2.04. The lowest BCUT2D eigenvalue weighted by Crippen LogP contribution is -2.13. The first kappa shape index (κ1) is 11.7. The topological polar surface area (TPSA) is 40.8 Å². The van der Waals surface area contributed by atoms with Crippen LogP contribution in [0.5, 0.6) is 0 Å². The van der Waals surface area contributed by atoms with Crippen LogP contribution in [0.4, 0.5) is 0 Å². The molecule has 0 amide bonds. The molecule has 0 fully saturated rings. The first-order valence-corrected chi connectivity index (χ1v) is 6.01. The van der Waals surface area contributed by atoms with Gasteiger partial charge in [-0.2, -0.15) is 5.26 Å². The molecule has 2 rings (SSSR count). The van der Waals surface area contributed by atoms with Crippen molar-refractivity contribution in [3.8, 4) is 6.07 Å². The second kappa shape index (κ2) is 5.51. The van der Waals surface area contributed by atoms with Gasteiger partial charge in [-0.05, 0) is 30.7 Å². The fourth-order valence-electron chi connectivity index (χ4n) is 2.06. The molecule has 1 aromatic carbocycles. The van der Waals surface area contributed by atoms with Crippen LogP contribution in [0, 0.1) is 11.3 Å². The Labute approximate surface area is 102 Å². The molecule has 3 nitrogen and oxygen atoms in total. The normalized spacial score (nSPS) is 10.6. The molecule has 1 aromatic heterocycles. The number of nitriles is 1. The van der Waals surface area contributed by atoms with Crippen molar-refractivity contribution >= 4 is 10.9 Å². The Balaban J connectivity index is 2.28. The van der Waals surface area contributed by atoms with Crippen LogP contribution in [0.2, 0.25) is 0 Å². The van der Waals surface area contributed by atoms with Crippen LogP contribution in [0.1, 0.15) is 18.9 Å². The van der Waals surface area contributed by atoms with Gasteiger partial charge in [0.2, 0.25) is 0 Å². The molecule has 17 heavy (non-hydrogen) atoms. The van der Waals surface area contributed by atoms with Gasteiger partial charge in [-0.3, -0.25) is 0 Å². The quantitative estimate of drug-likeness (QED) is 0.798. The molecule has 0 atom stereocenters. The van der Waals surface area contributed by atoms with Crippen LogP contribution >= 0.6 is 0 Å². The van der Waals surface area contributed by atoms with Gasteiger partial charge in [-0.25, -0.2) is 0 Å². The monoisotopic (exact) mass is 227 g/mol. The van der Waals surface area contributed by atoms with E-state index < -0.39 is 0 Å². The van der Waals surface area contributed by atoms with E-state index in [1.165, 1.54) is 10.9 Å². The summed E-state index contributed by atoms with van der Waals surface area (Å²) in [5.41, 5.74) is 2.44. The highest BCUT2D eigenvalue weighted by atomic mass is 14.9. The Morgan fingerprint density at radius 1 is 1.35 bits per heavy atom. The summed E-state index contributed by atoms with van der Waals surface area (Å²) in [5.74, 6) is 0. The minimum absolute atomic E-state index is 0.412. The third kappa shape index (κ3) is 2.48. The summed E-state index contributed by atoms with van der Waals surface area (Å²) in [6, 6.07) is 10.5. The van der Waals surface area contributed by atoms with Crippen molar-refractivity contribution in [1.29, 1.82) is 5.26 Å². The van der Waals surface area contributed by atoms with Gasteiger partial charge in [0.1, 0.15) is 6.54 Å². The fraction of sp³-hybridized carbons (Fsp3) is 0.357. The van der Waals surface area contributed by atoms with Crippen LogP contribution in [-0.4, -0.2) is 11.1 Å². The summed E-state index contributed by atoms with van der Waals surface area (Å²) < 4.78 is 1.98. The number of hydrogen-bond donors (Lipinski definition) is 1. The number of aromatic nitrogens is 1. The van der Waals surface area contributed by atoms with Gasteiger partial charge in [0, 0.05) is 23.6 Å². The maximum absolute atomic E-state index is 8.76. The zero-order valence-electron chi connectivity index (χ0n) is 10.1. The molecule has 0 saturated heterocycles. The Morgan fingerprint density at radius 2 is 2.24 bits per heavy atom. The molecule has 0 saturated carbocycles. The molecular formula is C14H17N3. The Hall–Kier alpha value is -1.79. The van der Waals surface area contributed by atoms with Crippen LogP contribution in [0.15, 0.2) is 30.5 Å². The molecule has 88 valence electrons. The summed E-state index contributed by atoms with van der Waals surface area (Å²) in [6.07, 6.45) is 3.13. The molecule has 1 N–H and O–H groups in total.